The van der Waals surface area contributed by atoms with E-state index in [1.165, 1.54) is 18.5 Å². The molecule has 2 N–H and O–H groups in total. The topological polar surface area (TPSA) is 111 Å². The van der Waals surface area contributed by atoms with Gasteiger partial charge in [-0.05, 0) is 48.0 Å². The van der Waals surface area contributed by atoms with Crippen LogP contribution in [-0.2, 0) is 14.8 Å². The number of benzene rings is 3. The van der Waals surface area contributed by atoms with Gasteiger partial charge in [-0.1, -0.05) is 30.3 Å². The highest BCUT2D eigenvalue weighted by Crippen LogP contribution is 2.29. The van der Waals surface area contributed by atoms with Crippen molar-refractivity contribution in [2.75, 3.05) is 4.72 Å². The monoisotopic (exact) mass is 505 g/mol. The molecule has 0 saturated heterocycles. The molecule has 1 unspecified atom stereocenters. The lowest BCUT2D eigenvalue weighted by Gasteiger charge is -2.18. The van der Waals surface area contributed by atoms with Crippen molar-refractivity contribution in [2.24, 2.45) is 0 Å². The third-order valence-electron chi connectivity index (χ3n) is 5.08. The summed E-state index contributed by atoms with van der Waals surface area (Å²) in [5.74, 6) is -1.53. The van der Waals surface area contributed by atoms with Crippen LogP contribution in [0.1, 0.15) is 18.0 Å². The van der Waals surface area contributed by atoms with Crippen LogP contribution < -0.4 is 9.46 Å². The van der Waals surface area contributed by atoms with E-state index in [0.29, 0.717) is 11.0 Å². The molecule has 1 atom stereocenters. The Hall–Kier alpha value is -4.06. The van der Waals surface area contributed by atoms with E-state index in [2.05, 4.69) is 14.4 Å². The minimum Gasteiger partial charge on any atom is -0.481 e. The number of anilines is 1. The average Bonchev–Trinajstić information content (AvgIpc) is 3.20. The van der Waals surface area contributed by atoms with E-state index in [9.17, 15) is 31.5 Å². The van der Waals surface area contributed by atoms with Gasteiger partial charge in [0.25, 0.3) is 10.0 Å². The second kappa shape index (κ2) is 9.29. The number of sulfonamides is 1. The average molecular weight is 505 g/mol. The first-order valence-corrected chi connectivity index (χ1v) is 11.6. The van der Waals surface area contributed by atoms with Gasteiger partial charge in [-0.25, -0.2) is 13.4 Å². The van der Waals surface area contributed by atoms with Crippen molar-refractivity contribution < 1.29 is 36.2 Å². The highest BCUT2D eigenvalue weighted by Gasteiger charge is 2.31. The van der Waals surface area contributed by atoms with E-state index in [1.54, 1.807) is 22.8 Å². The summed E-state index contributed by atoms with van der Waals surface area (Å²) in [5, 5.41) is 9.39. The Kier molecular flexibility index (Phi) is 6.39. The Balaban J connectivity index is 1.59. The van der Waals surface area contributed by atoms with E-state index in [0.717, 1.165) is 29.8 Å². The number of nitrogens with zero attached hydrogens (tertiary/aromatic N) is 2. The minimum absolute atomic E-state index is 0.174. The maximum Gasteiger partial charge on any atom is 0.573 e. The molecule has 0 aliphatic carbocycles. The third kappa shape index (κ3) is 5.72. The number of carbonyl (C=O) groups is 1. The Bertz CT molecular complexity index is 1450. The van der Waals surface area contributed by atoms with Crippen LogP contribution in [0.25, 0.3) is 11.0 Å². The van der Waals surface area contributed by atoms with Crippen LogP contribution in [0, 0.1) is 0 Å². The summed E-state index contributed by atoms with van der Waals surface area (Å²) in [6.07, 6.45) is -3.58. The van der Waals surface area contributed by atoms with Crippen LogP contribution in [0.15, 0.2) is 84.0 Å². The second-order valence-corrected chi connectivity index (χ2v) is 9.19. The lowest BCUT2D eigenvalue weighted by atomic mass is 10.0. The molecule has 0 aliphatic heterocycles. The van der Waals surface area contributed by atoms with E-state index in [4.69, 9.17) is 0 Å². The summed E-state index contributed by atoms with van der Waals surface area (Å²) in [4.78, 5) is 15.5. The maximum absolute atomic E-state index is 12.7. The van der Waals surface area contributed by atoms with Crippen LogP contribution in [0.3, 0.4) is 0 Å². The predicted octanol–water partition coefficient (Wildman–Crippen LogP) is 4.80. The molecule has 8 nitrogen and oxygen atoms in total. The molecule has 0 amide bonds. The molecule has 0 bridgehead atoms. The molecular formula is C23H18F3N3O5S. The second-order valence-electron chi connectivity index (χ2n) is 7.50. The molecule has 0 aliphatic rings. The molecule has 4 aromatic rings. The number of aliphatic carboxylic acids is 1. The zero-order valence-electron chi connectivity index (χ0n) is 17.8. The number of hydrogen-bond donors (Lipinski definition) is 2. The molecule has 0 radical (unpaired) electrons. The van der Waals surface area contributed by atoms with Gasteiger partial charge in [0.1, 0.15) is 5.75 Å². The quantitative estimate of drug-likeness (QED) is 0.356. The van der Waals surface area contributed by atoms with Gasteiger partial charge in [0.15, 0.2) is 0 Å². The van der Waals surface area contributed by atoms with E-state index in [1.807, 2.05) is 18.2 Å². The number of hydrogen-bond acceptors (Lipinski definition) is 5. The van der Waals surface area contributed by atoms with Gasteiger partial charge in [0, 0.05) is 0 Å². The molecule has 182 valence electrons. The predicted molar refractivity (Wildman–Crippen MR) is 121 cm³/mol. The number of nitrogens with one attached hydrogen (secondary N) is 1. The summed E-state index contributed by atoms with van der Waals surface area (Å²) < 4.78 is 70.1. The molecule has 1 heterocycles. The molecule has 12 heteroatoms. The van der Waals surface area contributed by atoms with Crippen molar-refractivity contribution in [2.45, 2.75) is 23.7 Å². The van der Waals surface area contributed by atoms with E-state index >= 15 is 0 Å². The molecular weight excluding hydrogens is 487 g/mol. The Morgan fingerprint density at radius 1 is 1.06 bits per heavy atom. The molecule has 4 rings (SSSR count). The number of halogens is 3. The molecule has 35 heavy (non-hydrogen) atoms. The van der Waals surface area contributed by atoms with Gasteiger partial charge in [0.2, 0.25) is 0 Å². The first-order valence-electron chi connectivity index (χ1n) is 10.1. The normalized spacial score (nSPS) is 12.9. The van der Waals surface area contributed by atoms with Gasteiger partial charge < -0.3 is 14.4 Å². The number of rotatable bonds is 8. The molecule has 3 aromatic carbocycles. The van der Waals surface area contributed by atoms with Crippen molar-refractivity contribution in [1.82, 2.24) is 9.55 Å². The third-order valence-corrected chi connectivity index (χ3v) is 6.48. The zero-order chi connectivity index (χ0) is 25.2. The van der Waals surface area contributed by atoms with Gasteiger partial charge in [-0.15, -0.1) is 13.2 Å². The van der Waals surface area contributed by atoms with Crippen LogP contribution in [0.4, 0.5) is 18.9 Å². The lowest BCUT2D eigenvalue weighted by Crippen LogP contribution is -2.17. The van der Waals surface area contributed by atoms with Crippen molar-refractivity contribution in [1.29, 1.82) is 0 Å². The highest BCUT2D eigenvalue weighted by molar-refractivity contribution is 7.92. The van der Waals surface area contributed by atoms with Gasteiger partial charge in [0.05, 0.1) is 40.4 Å². The van der Waals surface area contributed by atoms with Crippen LogP contribution in [0.5, 0.6) is 5.75 Å². The van der Waals surface area contributed by atoms with Crippen molar-refractivity contribution >= 4 is 32.7 Å². The zero-order valence-corrected chi connectivity index (χ0v) is 18.6. The Morgan fingerprint density at radius 2 is 1.74 bits per heavy atom. The smallest absolute Gasteiger partial charge is 0.481 e. The first-order chi connectivity index (χ1) is 16.5. The minimum atomic E-state index is -4.89. The number of imidazole rings is 1. The number of carboxylic acids is 1. The van der Waals surface area contributed by atoms with Crippen molar-refractivity contribution in [3.05, 3.63) is 84.7 Å². The van der Waals surface area contributed by atoms with E-state index in [-0.39, 0.29) is 17.0 Å². The highest BCUT2D eigenvalue weighted by atomic mass is 32.2. The van der Waals surface area contributed by atoms with Crippen LogP contribution in [0.2, 0.25) is 0 Å². The summed E-state index contributed by atoms with van der Waals surface area (Å²) >= 11 is 0. The maximum atomic E-state index is 12.7. The fourth-order valence-electron chi connectivity index (χ4n) is 3.60. The summed E-state index contributed by atoms with van der Waals surface area (Å²) in [6, 6.07) is 16.9. The summed E-state index contributed by atoms with van der Waals surface area (Å²) in [7, 11) is -4.11. The molecule has 0 saturated carbocycles. The number of aromatic nitrogens is 2. The number of ether oxygens (including phenoxy) is 1. The van der Waals surface area contributed by atoms with Crippen LogP contribution >= 0.6 is 0 Å². The lowest BCUT2D eigenvalue weighted by molar-refractivity contribution is -0.274. The fourth-order valence-corrected chi connectivity index (χ4v) is 4.65. The summed E-state index contributed by atoms with van der Waals surface area (Å²) in [6.45, 7) is 0. The standard InChI is InChI=1S/C23H18F3N3O5S/c24-23(25,26)34-17-7-9-18(10-8-17)35(32,33)28-16-6-11-20-19(12-16)27-14-29(20)21(13-22(30)31)15-4-2-1-3-5-15/h1-12,14,21,28H,13H2,(H,30,31). The van der Waals surface area contributed by atoms with Crippen molar-refractivity contribution in [3.63, 3.8) is 0 Å². The Labute approximate surface area is 197 Å². The number of fused-ring (bicyclic) bond motifs is 1. The first kappa shape index (κ1) is 24.1. The molecule has 0 spiro atoms. The SMILES string of the molecule is O=C(O)CC(c1ccccc1)n1cnc2cc(NS(=O)(=O)c3ccc(OC(F)(F)F)cc3)ccc21. The van der Waals surface area contributed by atoms with Gasteiger partial charge >= 0.3 is 12.3 Å². The number of carboxylic acid groups (broad SMARTS) is 1. The molecule has 1 aromatic heterocycles. The van der Waals surface area contributed by atoms with Gasteiger partial charge in [-0.3, -0.25) is 9.52 Å². The largest absolute Gasteiger partial charge is 0.573 e. The van der Waals surface area contributed by atoms with Gasteiger partial charge in [-0.2, -0.15) is 0 Å². The van der Waals surface area contributed by atoms with E-state index < -0.39 is 34.1 Å². The van der Waals surface area contributed by atoms with Crippen molar-refractivity contribution in [3.8, 4) is 5.75 Å². The fraction of sp³-hybridized carbons (Fsp3) is 0.130. The number of alkyl halides is 3. The van der Waals surface area contributed by atoms with Crippen LogP contribution in [-0.4, -0.2) is 35.4 Å². The molecule has 0 fully saturated rings. The summed E-state index contributed by atoms with van der Waals surface area (Å²) in [5.41, 5.74) is 1.96. The Morgan fingerprint density at radius 3 is 2.37 bits per heavy atom.